The van der Waals surface area contributed by atoms with Crippen LogP contribution in [0.2, 0.25) is 0 Å². The lowest BCUT2D eigenvalue weighted by Crippen LogP contribution is -2.19. The quantitative estimate of drug-likeness (QED) is 0.581. The van der Waals surface area contributed by atoms with Crippen molar-refractivity contribution < 1.29 is 9.53 Å². The Morgan fingerprint density at radius 1 is 1.26 bits per heavy atom. The summed E-state index contributed by atoms with van der Waals surface area (Å²) in [5.74, 6) is -0.182. The normalized spacial score (nSPS) is 12.4. The van der Waals surface area contributed by atoms with Crippen molar-refractivity contribution in [3.05, 3.63) is 63.0 Å². The van der Waals surface area contributed by atoms with Gasteiger partial charge >= 0.3 is 5.97 Å². The first-order valence-corrected chi connectivity index (χ1v) is 9.89. The van der Waals surface area contributed by atoms with Gasteiger partial charge in [-0.3, -0.25) is 9.59 Å². The Bertz CT molecular complexity index is 979. The molecule has 0 N–H and O–H groups in total. The lowest BCUT2D eigenvalue weighted by Gasteiger charge is -2.14. The maximum absolute atomic E-state index is 12.5. The van der Waals surface area contributed by atoms with Gasteiger partial charge in [0.1, 0.15) is 11.6 Å². The molecule has 0 fully saturated rings. The van der Waals surface area contributed by atoms with Crippen molar-refractivity contribution in [1.29, 1.82) is 0 Å². The number of aromatic nitrogens is 3. The van der Waals surface area contributed by atoms with Gasteiger partial charge in [-0.05, 0) is 17.9 Å². The van der Waals surface area contributed by atoms with Crippen LogP contribution in [0.15, 0.2) is 41.2 Å². The Labute approximate surface area is 161 Å². The molecule has 0 saturated carbocycles. The zero-order chi connectivity index (χ0) is 19.4. The third-order valence-corrected chi connectivity index (χ3v) is 5.11. The highest BCUT2D eigenvalue weighted by atomic mass is 32.1. The minimum Gasteiger partial charge on any atom is -0.459 e. The van der Waals surface area contributed by atoms with Gasteiger partial charge in [0.05, 0.1) is 11.6 Å². The van der Waals surface area contributed by atoms with Crippen molar-refractivity contribution in [2.24, 2.45) is 5.92 Å². The summed E-state index contributed by atoms with van der Waals surface area (Å²) in [7, 11) is 0. The first-order chi connectivity index (χ1) is 13.0. The first kappa shape index (κ1) is 19.2. The molecule has 0 amide bonds. The highest BCUT2D eigenvalue weighted by Crippen LogP contribution is 2.21. The molecule has 2 heterocycles. The molecule has 2 aromatic heterocycles. The summed E-state index contributed by atoms with van der Waals surface area (Å²) < 4.78 is 6.76. The Kier molecular flexibility index (Phi) is 6.01. The van der Waals surface area contributed by atoms with Crippen LogP contribution in [-0.4, -0.2) is 20.6 Å². The number of esters is 1. The lowest BCUT2D eigenvalue weighted by atomic mass is 9.97. The van der Waals surface area contributed by atoms with Gasteiger partial charge in [0, 0.05) is 12.5 Å². The van der Waals surface area contributed by atoms with Crippen molar-refractivity contribution in [3.8, 4) is 0 Å². The molecule has 0 unspecified atom stereocenters. The van der Waals surface area contributed by atoms with Crippen molar-refractivity contribution in [2.75, 3.05) is 0 Å². The molecule has 3 rings (SSSR count). The van der Waals surface area contributed by atoms with Crippen LogP contribution in [0.25, 0.3) is 4.96 Å². The largest absolute Gasteiger partial charge is 0.459 e. The van der Waals surface area contributed by atoms with Crippen LogP contribution in [0.3, 0.4) is 0 Å². The fourth-order valence-corrected chi connectivity index (χ4v) is 4.00. The summed E-state index contributed by atoms with van der Waals surface area (Å²) in [6.07, 6.45) is 1.44. The molecule has 7 heteroatoms. The number of benzene rings is 1. The van der Waals surface area contributed by atoms with E-state index in [0.717, 1.165) is 17.0 Å². The molecule has 1 aromatic carbocycles. The molecule has 27 heavy (non-hydrogen) atoms. The van der Waals surface area contributed by atoms with Crippen LogP contribution in [0.4, 0.5) is 0 Å². The third kappa shape index (κ3) is 4.60. The van der Waals surface area contributed by atoms with Gasteiger partial charge in [-0.2, -0.15) is 9.61 Å². The average Bonchev–Trinajstić information content (AvgIpc) is 3.04. The van der Waals surface area contributed by atoms with Crippen LogP contribution >= 0.6 is 11.3 Å². The Morgan fingerprint density at radius 3 is 2.67 bits per heavy atom. The first-order valence-electron chi connectivity index (χ1n) is 9.08. The molecule has 3 aromatic rings. The number of rotatable bonds is 7. The molecule has 0 radical (unpaired) electrons. The summed E-state index contributed by atoms with van der Waals surface area (Å²) in [5, 5.41) is 5.20. The van der Waals surface area contributed by atoms with Crippen LogP contribution in [0.5, 0.6) is 0 Å². The van der Waals surface area contributed by atoms with E-state index < -0.39 is 0 Å². The Balaban J connectivity index is 1.74. The minimum atomic E-state index is -0.322. The van der Waals surface area contributed by atoms with Crippen LogP contribution in [0, 0.1) is 5.92 Å². The van der Waals surface area contributed by atoms with E-state index in [1.807, 2.05) is 37.3 Å². The maximum Gasteiger partial charge on any atom is 0.313 e. The van der Waals surface area contributed by atoms with Crippen molar-refractivity contribution in [1.82, 2.24) is 14.6 Å². The minimum absolute atomic E-state index is 0.0225. The van der Waals surface area contributed by atoms with Gasteiger partial charge in [0.2, 0.25) is 4.96 Å². The van der Waals surface area contributed by atoms with Crippen molar-refractivity contribution in [2.45, 2.75) is 46.1 Å². The fourth-order valence-electron chi connectivity index (χ4n) is 2.87. The van der Waals surface area contributed by atoms with E-state index in [4.69, 9.17) is 4.74 Å². The number of carbonyl (C=O) groups excluding carboxylic acids is 1. The molecule has 0 spiro atoms. The van der Waals surface area contributed by atoms with Crippen LogP contribution in [0.1, 0.15) is 49.4 Å². The molecule has 142 valence electrons. The fraction of sp³-hybridized carbons (Fsp3) is 0.400. The van der Waals surface area contributed by atoms with Crippen LogP contribution in [-0.2, 0) is 22.6 Å². The summed E-state index contributed by atoms with van der Waals surface area (Å²) in [5.41, 5.74) is 1.11. The second kappa shape index (κ2) is 8.43. The van der Waals surface area contributed by atoms with Gasteiger partial charge in [-0.1, -0.05) is 62.4 Å². The predicted octanol–water partition coefficient (Wildman–Crippen LogP) is 3.59. The van der Waals surface area contributed by atoms with E-state index in [9.17, 15) is 9.59 Å². The summed E-state index contributed by atoms with van der Waals surface area (Å²) in [6.45, 7) is 6.13. The smallest absolute Gasteiger partial charge is 0.313 e. The highest BCUT2D eigenvalue weighted by molar-refractivity contribution is 7.16. The number of hydrogen-bond acceptors (Lipinski definition) is 6. The average molecular weight is 385 g/mol. The lowest BCUT2D eigenvalue weighted by molar-refractivity contribution is -0.147. The van der Waals surface area contributed by atoms with E-state index in [1.165, 1.54) is 21.9 Å². The predicted molar refractivity (Wildman–Crippen MR) is 105 cm³/mol. The molecular formula is C20H23N3O3S. The summed E-state index contributed by atoms with van der Waals surface area (Å²) >= 11 is 1.40. The maximum atomic E-state index is 12.5. The molecule has 0 bridgehead atoms. The SMILES string of the molecule is CC[C@H](C(=O)OCc1cc(=O)n2nc(CC(C)C)sc2n1)c1ccccc1. The van der Waals surface area contributed by atoms with Crippen molar-refractivity contribution >= 4 is 22.3 Å². The number of fused-ring (bicyclic) bond motifs is 1. The molecule has 0 saturated heterocycles. The molecule has 0 aliphatic rings. The van der Waals surface area contributed by atoms with Gasteiger partial charge in [-0.15, -0.1) is 0 Å². The van der Waals surface area contributed by atoms with E-state index in [-0.39, 0.29) is 24.1 Å². The Morgan fingerprint density at radius 2 is 2.00 bits per heavy atom. The number of carbonyl (C=O) groups is 1. The van der Waals surface area contributed by atoms with E-state index >= 15 is 0 Å². The Hall–Kier alpha value is -2.54. The van der Waals surface area contributed by atoms with Crippen LogP contribution < -0.4 is 5.56 Å². The zero-order valence-corrected chi connectivity index (χ0v) is 16.5. The zero-order valence-electron chi connectivity index (χ0n) is 15.7. The van der Waals surface area contributed by atoms with E-state index in [2.05, 4.69) is 23.9 Å². The number of hydrogen-bond donors (Lipinski definition) is 0. The number of nitrogens with zero attached hydrogens (tertiary/aromatic N) is 3. The van der Waals surface area contributed by atoms with Gasteiger partial charge in [0.15, 0.2) is 0 Å². The summed E-state index contributed by atoms with van der Waals surface area (Å²) in [6, 6.07) is 10.9. The second-order valence-corrected chi connectivity index (χ2v) is 7.89. The van der Waals surface area contributed by atoms with E-state index in [0.29, 0.717) is 23.0 Å². The van der Waals surface area contributed by atoms with Gasteiger partial charge < -0.3 is 4.74 Å². The third-order valence-electron chi connectivity index (χ3n) is 4.18. The summed E-state index contributed by atoms with van der Waals surface area (Å²) in [4.78, 5) is 29.7. The molecule has 1 atom stereocenters. The highest BCUT2D eigenvalue weighted by Gasteiger charge is 2.20. The molecular weight excluding hydrogens is 362 g/mol. The van der Waals surface area contributed by atoms with Gasteiger partial charge in [0.25, 0.3) is 5.56 Å². The topological polar surface area (TPSA) is 73.6 Å². The monoisotopic (exact) mass is 385 g/mol. The van der Waals surface area contributed by atoms with E-state index in [1.54, 1.807) is 0 Å². The second-order valence-electron chi connectivity index (χ2n) is 6.85. The van der Waals surface area contributed by atoms with Crippen molar-refractivity contribution in [3.63, 3.8) is 0 Å². The molecule has 0 aliphatic carbocycles. The molecule has 0 aliphatic heterocycles. The number of ether oxygens (including phenoxy) is 1. The standard InChI is InChI=1S/C20H23N3O3S/c1-4-16(14-8-6-5-7-9-14)19(25)26-12-15-11-18(24)23-20(21-15)27-17(22-23)10-13(2)3/h5-9,11,13,16H,4,10,12H2,1-3H3/t16-/m0/s1. The van der Waals surface area contributed by atoms with Gasteiger partial charge in [-0.25, -0.2) is 4.98 Å². The molecule has 6 nitrogen and oxygen atoms in total.